The van der Waals surface area contributed by atoms with E-state index in [4.69, 9.17) is 10.1 Å². The van der Waals surface area contributed by atoms with Crippen molar-refractivity contribution in [2.45, 2.75) is 47.0 Å². The highest BCUT2D eigenvalue weighted by molar-refractivity contribution is 8.26. The van der Waals surface area contributed by atoms with E-state index in [0.29, 0.717) is 11.8 Å². The van der Waals surface area contributed by atoms with Gasteiger partial charge in [0, 0.05) is 17.1 Å². The third-order valence-electron chi connectivity index (χ3n) is 5.42. The lowest BCUT2D eigenvalue weighted by Gasteiger charge is -2.20. The zero-order chi connectivity index (χ0) is 22.8. The SMILES string of the molecule is CCCCC1=NN2C(=N)C(=Cc3cc(C)n(-c4ccc(OCC)cc4)c3C)C(=O)N=C2S1. The Morgan fingerprint density at radius 1 is 1.19 bits per heavy atom. The first-order valence-electron chi connectivity index (χ1n) is 10.8. The quantitative estimate of drug-likeness (QED) is 0.581. The van der Waals surface area contributed by atoms with Crippen LogP contribution in [0, 0.1) is 19.3 Å². The van der Waals surface area contributed by atoms with E-state index >= 15 is 0 Å². The van der Waals surface area contributed by atoms with E-state index in [-0.39, 0.29) is 11.4 Å². The van der Waals surface area contributed by atoms with Crippen molar-refractivity contribution in [3.8, 4) is 11.4 Å². The summed E-state index contributed by atoms with van der Waals surface area (Å²) in [6.07, 6.45) is 4.68. The maximum Gasteiger partial charge on any atom is 0.283 e. The standard InChI is InChI=1S/C24H27N5O2S/c1-5-7-8-21-27-29-22(25)20(23(30)26-24(29)32-21)14-17-13-15(3)28(16(17)4)18-9-11-19(12-10-18)31-6-2/h9-14,25H,5-8H2,1-4H3. The minimum absolute atomic E-state index is 0.0740. The van der Waals surface area contributed by atoms with Gasteiger partial charge in [0.2, 0.25) is 5.17 Å². The molecule has 0 atom stereocenters. The van der Waals surface area contributed by atoms with Gasteiger partial charge in [-0.2, -0.15) is 15.1 Å². The molecule has 8 heteroatoms. The minimum atomic E-state index is -0.397. The molecule has 0 bridgehead atoms. The zero-order valence-electron chi connectivity index (χ0n) is 18.8. The molecule has 1 aromatic carbocycles. The molecule has 4 rings (SSSR count). The number of amides is 1. The molecule has 2 aliphatic rings. The average molecular weight is 450 g/mol. The van der Waals surface area contributed by atoms with Crippen LogP contribution >= 0.6 is 11.8 Å². The number of hydrogen-bond donors (Lipinski definition) is 1. The maximum atomic E-state index is 12.7. The molecule has 1 amide bonds. The fraction of sp³-hybridized carbons (Fsp3) is 0.333. The summed E-state index contributed by atoms with van der Waals surface area (Å²) in [5, 5.41) is 16.0. The maximum absolute atomic E-state index is 12.7. The van der Waals surface area contributed by atoms with Gasteiger partial charge in [-0.25, -0.2) is 0 Å². The predicted octanol–water partition coefficient (Wildman–Crippen LogP) is 5.30. The Morgan fingerprint density at radius 2 is 1.94 bits per heavy atom. The number of rotatable bonds is 7. The summed E-state index contributed by atoms with van der Waals surface area (Å²) in [7, 11) is 0. The van der Waals surface area contributed by atoms with Gasteiger partial charge in [-0.3, -0.25) is 10.2 Å². The highest BCUT2D eigenvalue weighted by Gasteiger charge is 2.35. The van der Waals surface area contributed by atoms with Crippen molar-refractivity contribution in [2.75, 3.05) is 6.61 Å². The molecule has 1 aromatic heterocycles. The van der Waals surface area contributed by atoms with E-state index in [1.54, 1.807) is 6.08 Å². The van der Waals surface area contributed by atoms with E-state index in [2.05, 4.69) is 21.6 Å². The van der Waals surface area contributed by atoms with Gasteiger partial charge in [0.15, 0.2) is 5.84 Å². The van der Waals surface area contributed by atoms with E-state index in [1.165, 1.54) is 16.8 Å². The predicted molar refractivity (Wildman–Crippen MR) is 131 cm³/mol. The summed E-state index contributed by atoms with van der Waals surface area (Å²) in [6, 6.07) is 9.95. The topological polar surface area (TPSA) is 83.0 Å². The van der Waals surface area contributed by atoms with Crippen molar-refractivity contribution in [3.63, 3.8) is 0 Å². The average Bonchev–Trinajstić information content (AvgIpc) is 3.30. The molecule has 1 N–H and O–H groups in total. The van der Waals surface area contributed by atoms with Crippen molar-refractivity contribution in [1.29, 1.82) is 5.41 Å². The van der Waals surface area contributed by atoms with Crippen LogP contribution in [0.15, 0.2) is 46.0 Å². The highest BCUT2D eigenvalue weighted by atomic mass is 32.2. The van der Waals surface area contributed by atoms with Crippen LogP contribution in [0.1, 0.15) is 50.1 Å². The third kappa shape index (κ3) is 4.14. The van der Waals surface area contributed by atoms with Gasteiger partial charge in [0.25, 0.3) is 5.91 Å². The number of aryl methyl sites for hydroxylation is 1. The number of nitrogens with one attached hydrogen (secondary N) is 1. The van der Waals surface area contributed by atoms with Crippen LogP contribution in [-0.2, 0) is 4.79 Å². The lowest BCUT2D eigenvalue weighted by Crippen LogP contribution is -2.35. The van der Waals surface area contributed by atoms with E-state index in [9.17, 15) is 4.79 Å². The molecule has 0 unspecified atom stereocenters. The molecule has 166 valence electrons. The second kappa shape index (κ2) is 9.16. The van der Waals surface area contributed by atoms with Gasteiger partial charge in [0.1, 0.15) is 10.8 Å². The summed E-state index contributed by atoms with van der Waals surface area (Å²) >= 11 is 1.38. The molecular weight excluding hydrogens is 422 g/mol. The van der Waals surface area contributed by atoms with E-state index in [0.717, 1.165) is 52.7 Å². The van der Waals surface area contributed by atoms with Crippen molar-refractivity contribution in [3.05, 3.63) is 52.9 Å². The largest absolute Gasteiger partial charge is 0.494 e. The zero-order valence-corrected chi connectivity index (χ0v) is 19.6. The summed E-state index contributed by atoms with van der Waals surface area (Å²) in [5.74, 6) is 0.509. The second-order valence-corrected chi connectivity index (χ2v) is 8.75. The van der Waals surface area contributed by atoms with Crippen LogP contribution in [0.2, 0.25) is 0 Å². The molecule has 2 aliphatic heterocycles. The Balaban J connectivity index is 1.65. The first-order valence-corrected chi connectivity index (χ1v) is 11.7. The van der Waals surface area contributed by atoms with Gasteiger partial charge in [-0.15, -0.1) is 0 Å². The van der Waals surface area contributed by atoms with Crippen LogP contribution in [0.3, 0.4) is 0 Å². The van der Waals surface area contributed by atoms with E-state index in [1.807, 2.05) is 51.1 Å². The van der Waals surface area contributed by atoms with Crippen molar-refractivity contribution < 1.29 is 9.53 Å². The summed E-state index contributed by atoms with van der Waals surface area (Å²) in [4.78, 5) is 16.9. The smallest absolute Gasteiger partial charge is 0.283 e. The number of aromatic nitrogens is 1. The van der Waals surface area contributed by atoms with Crippen LogP contribution in [-0.4, -0.2) is 38.1 Å². The summed E-state index contributed by atoms with van der Waals surface area (Å²) in [5.41, 5.74) is 4.16. The molecule has 0 saturated carbocycles. The Hall–Kier alpha value is -3.13. The molecule has 0 fully saturated rings. The molecular formula is C24H27N5O2S. The van der Waals surface area contributed by atoms with Crippen LogP contribution in [0.5, 0.6) is 5.75 Å². The first-order chi connectivity index (χ1) is 15.4. The normalized spacial score (nSPS) is 17.0. The van der Waals surface area contributed by atoms with Gasteiger partial charge in [-0.1, -0.05) is 13.3 Å². The lowest BCUT2D eigenvalue weighted by molar-refractivity contribution is -0.114. The Bertz CT molecular complexity index is 1160. The number of benzene rings is 1. The van der Waals surface area contributed by atoms with Crippen LogP contribution < -0.4 is 4.74 Å². The molecule has 0 spiro atoms. The Labute approximate surface area is 192 Å². The summed E-state index contributed by atoms with van der Waals surface area (Å²) < 4.78 is 7.67. The summed E-state index contributed by atoms with van der Waals surface area (Å²) in [6.45, 7) is 8.75. The number of nitrogens with zero attached hydrogens (tertiary/aromatic N) is 4. The lowest BCUT2D eigenvalue weighted by atomic mass is 10.1. The number of hydrazone groups is 1. The third-order valence-corrected chi connectivity index (χ3v) is 6.38. The number of thioether (sulfide) groups is 1. The molecule has 3 heterocycles. The number of fused-ring (bicyclic) bond motifs is 1. The van der Waals surface area contributed by atoms with Crippen LogP contribution in [0.4, 0.5) is 0 Å². The molecule has 0 radical (unpaired) electrons. The number of carbonyl (C=O) groups is 1. The van der Waals surface area contributed by atoms with Crippen molar-refractivity contribution in [2.24, 2.45) is 10.1 Å². The fourth-order valence-corrected chi connectivity index (χ4v) is 4.73. The Kier molecular flexibility index (Phi) is 6.32. The van der Waals surface area contributed by atoms with E-state index < -0.39 is 5.91 Å². The number of hydrogen-bond acceptors (Lipinski definition) is 5. The van der Waals surface area contributed by atoms with Gasteiger partial charge < -0.3 is 9.30 Å². The molecule has 0 saturated heterocycles. The van der Waals surface area contributed by atoms with Crippen LogP contribution in [0.25, 0.3) is 11.8 Å². The molecule has 0 aliphatic carbocycles. The van der Waals surface area contributed by atoms with Crippen molar-refractivity contribution in [1.82, 2.24) is 9.58 Å². The molecule has 2 aromatic rings. The molecule has 32 heavy (non-hydrogen) atoms. The second-order valence-electron chi connectivity index (χ2n) is 7.71. The van der Waals surface area contributed by atoms with Gasteiger partial charge >= 0.3 is 0 Å². The fourth-order valence-electron chi connectivity index (χ4n) is 3.81. The number of ether oxygens (including phenoxy) is 1. The van der Waals surface area contributed by atoms with Gasteiger partial charge in [0.05, 0.1) is 12.2 Å². The minimum Gasteiger partial charge on any atom is -0.494 e. The number of aliphatic imine (C=N–C) groups is 1. The highest BCUT2D eigenvalue weighted by Crippen LogP contribution is 2.31. The number of amidine groups is 2. The first kappa shape index (κ1) is 22.1. The van der Waals surface area contributed by atoms with Gasteiger partial charge in [-0.05, 0) is 87.3 Å². The monoisotopic (exact) mass is 449 g/mol. The molecule has 7 nitrogen and oxygen atoms in total. The number of unbranched alkanes of at least 4 members (excludes halogenated alkanes) is 1. The van der Waals surface area contributed by atoms with Crippen molar-refractivity contribution >= 4 is 39.8 Å². The Morgan fingerprint density at radius 3 is 2.62 bits per heavy atom. The number of carbonyl (C=O) groups excluding carboxylic acids is 1.